The highest BCUT2D eigenvalue weighted by Gasteiger charge is 2.16. The van der Waals surface area contributed by atoms with Crippen molar-refractivity contribution in [2.75, 3.05) is 20.6 Å². The molecule has 0 heterocycles. The molecule has 0 bridgehead atoms. The maximum absolute atomic E-state index is 11.3. The van der Waals surface area contributed by atoms with Crippen molar-refractivity contribution in [3.8, 4) is 0 Å². The van der Waals surface area contributed by atoms with Crippen LogP contribution in [0.15, 0.2) is 18.2 Å². The Morgan fingerprint density at radius 3 is 2.65 bits per heavy atom. The number of nitrogens with zero attached hydrogens (tertiary/aromatic N) is 1. The van der Waals surface area contributed by atoms with Crippen LogP contribution in [0.5, 0.6) is 0 Å². The molecule has 3 nitrogen and oxygen atoms in total. The lowest BCUT2D eigenvalue weighted by atomic mass is 10.1. The largest absolute Gasteiger partial charge is 0.358 e. The number of hydrogen-bond donors (Lipinski definition) is 1. The summed E-state index contributed by atoms with van der Waals surface area (Å²) < 4.78 is 0. The fourth-order valence-corrected chi connectivity index (χ4v) is 2.09. The first-order valence-electron chi connectivity index (χ1n) is 5.31. The van der Waals surface area contributed by atoms with E-state index >= 15 is 0 Å². The van der Waals surface area contributed by atoms with E-state index < -0.39 is 0 Å². The third kappa shape index (κ3) is 3.87. The number of halogens is 2. The highest BCUT2D eigenvalue weighted by molar-refractivity contribution is 6.35. The van der Waals surface area contributed by atoms with Gasteiger partial charge >= 0.3 is 0 Å². The molecule has 1 atom stereocenters. The van der Waals surface area contributed by atoms with Crippen LogP contribution in [0, 0.1) is 0 Å². The van der Waals surface area contributed by atoms with Crippen molar-refractivity contribution in [1.29, 1.82) is 0 Å². The number of hydrogen-bond acceptors (Lipinski definition) is 2. The third-order valence-corrected chi connectivity index (χ3v) is 3.31. The number of carbonyl (C=O) groups is 1. The molecular formula is C12H16Cl2N2O. The van der Waals surface area contributed by atoms with Crippen molar-refractivity contribution in [3.63, 3.8) is 0 Å². The van der Waals surface area contributed by atoms with Gasteiger partial charge in [0.2, 0.25) is 5.91 Å². The Morgan fingerprint density at radius 2 is 2.12 bits per heavy atom. The molecule has 1 aromatic rings. The second kappa shape index (κ2) is 6.24. The van der Waals surface area contributed by atoms with Gasteiger partial charge in [0.15, 0.2) is 0 Å². The summed E-state index contributed by atoms with van der Waals surface area (Å²) in [5, 5.41) is 3.82. The molecule has 0 aromatic heterocycles. The lowest BCUT2D eigenvalue weighted by Crippen LogP contribution is -2.34. The van der Waals surface area contributed by atoms with Gasteiger partial charge in [-0.1, -0.05) is 29.3 Å². The van der Waals surface area contributed by atoms with Gasteiger partial charge in [-0.2, -0.15) is 0 Å². The summed E-state index contributed by atoms with van der Waals surface area (Å²) >= 11 is 12.0. The molecular weight excluding hydrogens is 259 g/mol. The van der Waals surface area contributed by atoms with E-state index in [0.717, 1.165) is 5.56 Å². The Balaban J connectivity index is 2.81. The van der Waals surface area contributed by atoms with Crippen LogP contribution in [-0.4, -0.2) is 31.4 Å². The molecule has 1 N–H and O–H groups in total. The van der Waals surface area contributed by atoms with Gasteiger partial charge in [0.05, 0.1) is 6.54 Å². The quantitative estimate of drug-likeness (QED) is 0.916. The first-order chi connectivity index (χ1) is 7.95. The van der Waals surface area contributed by atoms with E-state index in [9.17, 15) is 4.79 Å². The van der Waals surface area contributed by atoms with E-state index in [-0.39, 0.29) is 11.9 Å². The molecule has 0 aliphatic rings. The summed E-state index contributed by atoms with van der Waals surface area (Å²) in [6, 6.07) is 5.45. The van der Waals surface area contributed by atoms with Crippen molar-refractivity contribution in [3.05, 3.63) is 33.8 Å². The number of amides is 1. The zero-order valence-electron chi connectivity index (χ0n) is 10.1. The predicted molar refractivity (Wildman–Crippen MR) is 71.6 cm³/mol. The number of benzene rings is 1. The molecule has 0 aliphatic carbocycles. The fourth-order valence-electron chi connectivity index (χ4n) is 1.52. The van der Waals surface area contributed by atoms with Crippen molar-refractivity contribution in [2.24, 2.45) is 0 Å². The van der Waals surface area contributed by atoms with E-state index in [1.54, 1.807) is 19.2 Å². The van der Waals surface area contributed by atoms with Gasteiger partial charge in [-0.05, 0) is 31.7 Å². The van der Waals surface area contributed by atoms with Crippen molar-refractivity contribution in [2.45, 2.75) is 13.0 Å². The van der Waals surface area contributed by atoms with E-state index in [4.69, 9.17) is 23.2 Å². The van der Waals surface area contributed by atoms with Crippen LogP contribution in [0.4, 0.5) is 0 Å². The minimum atomic E-state index is -0.0237. The number of likely N-dealkylation sites (N-methyl/N-ethyl adjacent to an activating group) is 2. The standard InChI is InChI=1S/C12H16Cl2N2O/c1-8(16(3)7-12(17)15-2)10-5-4-9(13)6-11(10)14/h4-6,8H,7H2,1-3H3,(H,15,17). The second-order valence-electron chi connectivity index (χ2n) is 3.93. The van der Waals surface area contributed by atoms with Crippen LogP contribution in [0.2, 0.25) is 10.0 Å². The van der Waals surface area contributed by atoms with Gasteiger partial charge in [-0.15, -0.1) is 0 Å². The lowest BCUT2D eigenvalue weighted by Gasteiger charge is -2.25. The van der Waals surface area contributed by atoms with Crippen molar-refractivity contribution >= 4 is 29.1 Å². The van der Waals surface area contributed by atoms with Crippen LogP contribution < -0.4 is 5.32 Å². The first-order valence-corrected chi connectivity index (χ1v) is 6.07. The Hall–Kier alpha value is -0.770. The van der Waals surface area contributed by atoms with Crippen molar-refractivity contribution < 1.29 is 4.79 Å². The monoisotopic (exact) mass is 274 g/mol. The molecule has 1 amide bonds. The Labute approximate surface area is 112 Å². The van der Waals surface area contributed by atoms with Crippen LogP contribution in [0.1, 0.15) is 18.5 Å². The van der Waals surface area contributed by atoms with Crippen molar-refractivity contribution in [1.82, 2.24) is 10.2 Å². The molecule has 17 heavy (non-hydrogen) atoms. The van der Waals surface area contributed by atoms with Gasteiger partial charge in [0.25, 0.3) is 0 Å². The second-order valence-corrected chi connectivity index (χ2v) is 4.77. The summed E-state index contributed by atoms with van der Waals surface area (Å²) in [7, 11) is 3.50. The summed E-state index contributed by atoms with van der Waals surface area (Å²) in [6.07, 6.45) is 0. The minimum absolute atomic E-state index is 0.0237. The summed E-state index contributed by atoms with van der Waals surface area (Å²) in [5.41, 5.74) is 0.961. The molecule has 1 rings (SSSR count). The summed E-state index contributed by atoms with van der Waals surface area (Å²) in [6.45, 7) is 2.33. The average molecular weight is 275 g/mol. The van der Waals surface area contributed by atoms with Gasteiger partial charge in [0.1, 0.15) is 0 Å². The van der Waals surface area contributed by atoms with E-state index in [1.165, 1.54) is 0 Å². The SMILES string of the molecule is CNC(=O)CN(C)C(C)c1ccc(Cl)cc1Cl. The smallest absolute Gasteiger partial charge is 0.233 e. The lowest BCUT2D eigenvalue weighted by molar-refractivity contribution is -0.121. The normalized spacial score (nSPS) is 12.6. The highest BCUT2D eigenvalue weighted by Crippen LogP contribution is 2.28. The average Bonchev–Trinajstić information content (AvgIpc) is 2.28. The molecule has 0 aliphatic heterocycles. The van der Waals surface area contributed by atoms with Crippen LogP contribution in [-0.2, 0) is 4.79 Å². The maximum atomic E-state index is 11.3. The van der Waals surface area contributed by atoms with Gasteiger partial charge in [0, 0.05) is 23.1 Å². The maximum Gasteiger partial charge on any atom is 0.233 e. The Morgan fingerprint density at radius 1 is 1.47 bits per heavy atom. The zero-order chi connectivity index (χ0) is 13.0. The van der Waals surface area contributed by atoms with Gasteiger partial charge < -0.3 is 5.32 Å². The molecule has 1 unspecified atom stereocenters. The number of carbonyl (C=O) groups excluding carboxylic acids is 1. The first kappa shape index (κ1) is 14.3. The Bertz CT molecular complexity index is 409. The molecule has 0 radical (unpaired) electrons. The fraction of sp³-hybridized carbons (Fsp3) is 0.417. The molecule has 0 fully saturated rings. The molecule has 0 saturated heterocycles. The van der Waals surface area contributed by atoms with E-state index in [0.29, 0.717) is 16.6 Å². The van der Waals surface area contributed by atoms with E-state index in [2.05, 4.69) is 5.32 Å². The van der Waals surface area contributed by atoms with Crippen LogP contribution in [0.3, 0.4) is 0 Å². The molecule has 5 heteroatoms. The number of rotatable bonds is 4. The van der Waals surface area contributed by atoms with E-state index in [1.807, 2.05) is 24.9 Å². The van der Waals surface area contributed by atoms with Crippen LogP contribution >= 0.6 is 23.2 Å². The van der Waals surface area contributed by atoms with Gasteiger partial charge in [-0.25, -0.2) is 0 Å². The van der Waals surface area contributed by atoms with Crippen LogP contribution in [0.25, 0.3) is 0 Å². The highest BCUT2D eigenvalue weighted by atomic mass is 35.5. The summed E-state index contributed by atoms with van der Waals surface area (Å²) in [5.74, 6) is -0.0237. The molecule has 1 aromatic carbocycles. The predicted octanol–water partition coefficient (Wildman–Crippen LogP) is 2.73. The topological polar surface area (TPSA) is 32.3 Å². The third-order valence-electron chi connectivity index (χ3n) is 2.75. The molecule has 94 valence electrons. The number of nitrogens with one attached hydrogen (secondary N) is 1. The zero-order valence-corrected chi connectivity index (χ0v) is 11.6. The Kier molecular flexibility index (Phi) is 5.25. The van der Waals surface area contributed by atoms with Gasteiger partial charge in [-0.3, -0.25) is 9.69 Å². The molecule has 0 spiro atoms. The molecule has 0 saturated carbocycles. The summed E-state index contributed by atoms with van der Waals surface area (Å²) in [4.78, 5) is 13.2. The minimum Gasteiger partial charge on any atom is -0.358 e.